The summed E-state index contributed by atoms with van der Waals surface area (Å²) in [5, 5.41) is 2.37. The molecule has 0 radical (unpaired) electrons. The van der Waals surface area contributed by atoms with Crippen LogP contribution in [0.15, 0.2) is 30.3 Å². The smallest absolute Gasteiger partial charge is 0.341 e. The zero-order valence-electron chi connectivity index (χ0n) is 18.7. The number of aromatic nitrogens is 1. The average molecular weight is 496 g/mol. The van der Waals surface area contributed by atoms with Crippen LogP contribution in [0.3, 0.4) is 0 Å². The van der Waals surface area contributed by atoms with E-state index < -0.39 is 52.3 Å². The maximum Gasteiger partial charge on any atom is 0.416 e. The van der Waals surface area contributed by atoms with Gasteiger partial charge in [0, 0.05) is 22.5 Å². The lowest BCUT2D eigenvalue weighted by Gasteiger charge is -2.25. The highest BCUT2D eigenvalue weighted by Crippen LogP contribution is 2.33. The number of benzene rings is 1. The van der Waals surface area contributed by atoms with Gasteiger partial charge in [-0.15, -0.1) is 0 Å². The Bertz CT molecular complexity index is 1130. The maximum atomic E-state index is 14.5. The highest BCUT2D eigenvalue weighted by Gasteiger charge is 2.36. The largest absolute Gasteiger partial charge is 0.416 e. The molecular formula is C21H25F5N2O4S. The van der Waals surface area contributed by atoms with Gasteiger partial charge in [0.15, 0.2) is 0 Å². The van der Waals surface area contributed by atoms with Gasteiger partial charge in [0.25, 0.3) is 21.9 Å². The molecule has 0 spiro atoms. The second-order valence-corrected chi connectivity index (χ2v) is 10.4. The van der Waals surface area contributed by atoms with Crippen LogP contribution in [0.1, 0.15) is 48.1 Å². The Hall–Kier alpha value is -2.47. The Morgan fingerprint density at radius 2 is 1.70 bits per heavy atom. The van der Waals surface area contributed by atoms with Crippen molar-refractivity contribution in [2.24, 2.45) is 0 Å². The lowest BCUT2D eigenvalue weighted by atomic mass is 9.91. The molecule has 1 aromatic heterocycles. The monoisotopic (exact) mass is 496 g/mol. The minimum atomic E-state index is -4.60. The van der Waals surface area contributed by atoms with Crippen LogP contribution in [0.2, 0.25) is 0 Å². The summed E-state index contributed by atoms with van der Waals surface area (Å²) < 4.78 is 95.4. The molecule has 0 atom stereocenters. The van der Waals surface area contributed by atoms with Gasteiger partial charge in [-0.25, -0.2) is 8.78 Å². The number of alkyl halides is 5. The van der Waals surface area contributed by atoms with Crippen LogP contribution in [0.25, 0.3) is 0 Å². The van der Waals surface area contributed by atoms with E-state index >= 15 is 0 Å². The first kappa shape index (κ1) is 26.8. The second kappa shape index (κ2) is 9.05. The van der Waals surface area contributed by atoms with E-state index in [-0.39, 0.29) is 16.9 Å². The minimum Gasteiger partial charge on any atom is -0.341 e. The second-order valence-electron chi connectivity index (χ2n) is 8.72. The maximum absolute atomic E-state index is 14.5. The predicted octanol–water partition coefficient (Wildman–Crippen LogP) is 4.98. The first-order chi connectivity index (χ1) is 14.8. The molecule has 0 aliphatic heterocycles. The van der Waals surface area contributed by atoms with E-state index in [9.17, 15) is 35.2 Å². The normalized spacial score (nSPS) is 13.3. The molecular weight excluding hydrogens is 471 g/mol. The predicted molar refractivity (Wildman–Crippen MR) is 113 cm³/mol. The molecule has 1 amide bonds. The van der Waals surface area contributed by atoms with Crippen molar-refractivity contribution in [3.8, 4) is 0 Å². The summed E-state index contributed by atoms with van der Waals surface area (Å²) in [4.78, 5) is 12.8. The number of anilines is 1. The molecule has 0 saturated carbocycles. The Morgan fingerprint density at radius 3 is 2.21 bits per heavy atom. The van der Waals surface area contributed by atoms with E-state index in [1.807, 2.05) is 0 Å². The van der Waals surface area contributed by atoms with Crippen molar-refractivity contribution in [3.05, 3.63) is 52.8 Å². The van der Waals surface area contributed by atoms with Crippen LogP contribution in [-0.4, -0.2) is 37.7 Å². The van der Waals surface area contributed by atoms with Gasteiger partial charge in [-0.1, -0.05) is 26.8 Å². The quantitative estimate of drug-likeness (QED) is 0.434. The summed E-state index contributed by atoms with van der Waals surface area (Å²) in [6.45, 7) is 4.29. The van der Waals surface area contributed by atoms with Crippen molar-refractivity contribution in [2.75, 3.05) is 18.2 Å². The number of hydrogen-bond acceptors (Lipinski definition) is 4. The number of rotatable bonds is 7. The summed E-state index contributed by atoms with van der Waals surface area (Å²) >= 11 is 0. The molecule has 2 rings (SSSR count). The summed E-state index contributed by atoms with van der Waals surface area (Å²) in [6, 6.07) is 5.44. The van der Waals surface area contributed by atoms with Gasteiger partial charge in [-0.05, 0) is 31.2 Å². The summed E-state index contributed by atoms with van der Waals surface area (Å²) in [6.07, 6.45) is -3.94. The van der Waals surface area contributed by atoms with Gasteiger partial charge >= 0.3 is 6.18 Å². The number of carbonyl (C=O) groups excluding carboxylic acids is 1. The molecule has 0 saturated heterocycles. The van der Waals surface area contributed by atoms with Crippen LogP contribution in [-0.2, 0) is 32.4 Å². The molecule has 0 aliphatic carbocycles. The molecule has 1 heterocycles. The first-order valence-electron chi connectivity index (χ1n) is 9.72. The van der Waals surface area contributed by atoms with Crippen LogP contribution in [0.5, 0.6) is 0 Å². The fraction of sp³-hybridized carbons (Fsp3) is 0.476. The fourth-order valence-electron chi connectivity index (χ4n) is 3.14. The zero-order chi connectivity index (χ0) is 25.4. The van der Waals surface area contributed by atoms with Crippen LogP contribution >= 0.6 is 0 Å². The van der Waals surface area contributed by atoms with Crippen molar-refractivity contribution in [2.45, 2.75) is 51.8 Å². The standard InChI is InChI=1S/C21H25F5N2O4S/c1-13-16(18(29)27-15-8-6-7-14(9-15)21(24,25)26)10-17(19(2,3)4)28(13)11-20(22,23)12-32-33(5,30)31/h6-10H,11-12H2,1-5H3,(H,27,29). The van der Waals surface area contributed by atoms with E-state index in [0.29, 0.717) is 11.9 Å². The van der Waals surface area contributed by atoms with Gasteiger partial charge in [-0.2, -0.15) is 21.6 Å². The first-order valence-corrected chi connectivity index (χ1v) is 11.5. The molecule has 6 nitrogen and oxygen atoms in total. The molecule has 184 valence electrons. The van der Waals surface area contributed by atoms with E-state index in [1.165, 1.54) is 23.6 Å². The van der Waals surface area contributed by atoms with Crippen molar-refractivity contribution < 1.29 is 39.3 Å². The molecule has 12 heteroatoms. The van der Waals surface area contributed by atoms with E-state index in [2.05, 4.69) is 9.50 Å². The topological polar surface area (TPSA) is 77.4 Å². The Morgan fingerprint density at radius 1 is 1.09 bits per heavy atom. The number of halogens is 5. The summed E-state index contributed by atoms with van der Waals surface area (Å²) in [5.74, 6) is -4.35. The van der Waals surface area contributed by atoms with Crippen LogP contribution in [0.4, 0.5) is 27.6 Å². The number of nitrogens with zero attached hydrogens (tertiary/aromatic N) is 1. The summed E-state index contributed by atoms with van der Waals surface area (Å²) in [5.41, 5.74) is -1.25. The molecule has 0 aliphatic rings. The zero-order valence-corrected chi connectivity index (χ0v) is 19.5. The fourth-order valence-corrected chi connectivity index (χ4v) is 3.53. The number of amides is 1. The molecule has 2 aromatic rings. The van der Waals surface area contributed by atoms with Crippen molar-refractivity contribution >= 4 is 21.7 Å². The van der Waals surface area contributed by atoms with Gasteiger partial charge in [0.2, 0.25) is 0 Å². The van der Waals surface area contributed by atoms with E-state index in [0.717, 1.165) is 18.2 Å². The third-order valence-corrected chi connectivity index (χ3v) is 5.25. The highest BCUT2D eigenvalue weighted by molar-refractivity contribution is 7.85. The average Bonchev–Trinajstić information content (AvgIpc) is 2.95. The van der Waals surface area contributed by atoms with Gasteiger partial charge < -0.3 is 9.88 Å². The Labute approximate surface area is 188 Å². The number of hydrogen-bond donors (Lipinski definition) is 1. The minimum absolute atomic E-state index is 0.00262. The molecule has 0 unspecified atom stereocenters. The molecule has 1 N–H and O–H groups in total. The molecule has 33 heavy (non-hydrogen) atoms. The Kier molecular flexibility index (Phi) is 7.35. The molecule has 0 bridgehead atoms. The van der Waals surface area contributed by atoms with Gasteiger partial charge in [-0.3, -0.25) is 8.98 Å². The lowest BCUT2D eigenvalue weighted by molar-refractivity contribution is -0.137. The van der Waals surface area contributed by atoms with Crippen LogP contribution < -0.4 is 5.32 Å². The summed E-state index contributed by atoms with van der Waals surface area (Å²) in [7, 11) is -4.09. The number of nitrogens with one attached hydrogen (secondary N) is 1. The lowest BCUT2D eigenvalue weighted by Crippen LogP contribution is -2.33. The SMILES string of the molecule is Cc1c(C(=O)Nc2cccc(C(F)(F)F)c2)cc(C(C)(C)C)n1CC(F)(F)COS(C)(=O)=O. The van der Waals surface area contributed by atoms with E-state index in [1.54, 1.807) is 20.8 Å². The third kappa shape index (κ3) is 7.26. The van der Waals surface area contributed by atoms with Gasteiger partial charge in [0.1, 0.15) is 6.61 Å². The third-order valence-electron chi connectivity index (χ3n) is 4.70. The molecule has 1 aromatic carbocycles. The van der Waals surface area contributed by atoms with Gasteiger partial charge in [0.05, 0.1) is 23.9 Å². The molecule has 0 fully saturated rings. The highest BCUT2D eigenvalue weighted by atomic mass is 32.2. The van der Waals surface area contributed by atoms with E-state index in [4.69, 9.17) is 0 Å². The van der Waals surface area contributed by atoms with Crippen molar-refractivity contribution in [3.63, 3.8) is 0 Å². The van der Waals surface area contributed by atoms with Crippen molar-refractivity contribution in [1.29, 1.82) is 0 Å². The Balaban J connectivity index is 2.40. The van der Waals surface area contributed by atoms with Crippen LogP contribution in [0, 0.1) is 6.92 Å². The number of carbonyl (C=O) groups is 1. The van der Waals surface area contributed by atoms with Crippen molar-refractivity contribution in [1.82, 2.24) is 4.57 Å².